The zero-order valence-electron chi connectivity index (χ0n) is 23.1. The molecule has 3 aromatic carbocycles. The Balaban J connectivity index is 1.70. The normalized spacial score (nSPS) is 13.0. The van der Waals surface area contributed by atoms with Gasteiger partial charge >= 0.3 is 12.1 Å². The van der Waals surface area contributed by atoms with Crippen molar-refractivity contribution >= 4 is 27.8 Å². The van der Waals surface area contributed by atoms with Crippen LogP contribution in [0, 0.1) is 0 Å². The fourth-order valence-corrected chi connectivity index (χ4v) is 4.43. The molecule has 2 amide bonds. The van der Waals surface area contributed by atoms with Crippen LogP contribution in [0.4, 0.5) is 4.79 Å². The van der Waals surface area contributed by atoms with E-state index < -0.39 is 45.5 Å². The highest BCUT2D eigenvalue weighted by Gasteiger charge is 2.36. The van der Waals surface area contributed by atoms with Gasteiger partial charge in [-0.2, -0.15) is 0 Å². The van der Waals surface area contributed by atoms with Crippen molar-refractivity contribution < 1.29 is 37.4 Å². The predicted octanol–water partition coefficient (Wildman–Crippen LogP) is 2.93. The molecule has 0 spiro atoms. The van der Waals surface area contributed by atoms with Gasteiger partial charge in [0.2, 0.25) is 0 Å². The van der Waals surface area contributed by atoms with Gasteiger partial charge < -0.3 is 25.2 Å². The molecule has 0 fully saturated rings. The maximum Gasteiger partial charge on any atom is 0.407 e. The molecule has 0 bridgehead atoms. The zero-order chi connectivity index (χ0) is 30.0. The minimum Gasteiger partial charge on any atom is -0.459 e. The number of alkyl carbamates (subject to hydrolysis) is 1. The number of carbonyl (C=O) groups excluding carboxylic acids is 3. The summed E-state index contributed by atoms with van der Waals surface area (Å²) in [6.07, 6.45) is -1.64. The summed E-state index contributed by atoms with van der Waals surface area (Å²) in [7, 11) is -3.43. The van der Waals surface area contributed by atoms with E-state index in [9.17, 15) is 27.9 Å². The third kappa shape index (κ3) is 9.73. The van der Waals surface area contributed by atoms with E-state index in [0.717, 1.165) is 17.4 Å². The largest absolute Gasteiger partial charge is 0.459 e. The summed E-state index contributed by atoms with van der Waals surface area (Å²) in [6.45, 7) is 2.84. The van der Waals surface area contributed by atoms with Gasteiger partial charge in [-0.3, -0.25) is 4.79 Å². The molecule has 0 aliphatic rings. The van der Waals surface area contributed by atoms with Crippen molar-refractivity contribution in [2.75, 3.05) is 6.26 Å². The van der Waals surface area contributed by atoms with Crippen LogP contribution in [-0.4, -0.2) is 55.4 Å². The third-order valence-electron chi connectivity index (χ3n) is 6.13. The fraction of sp³-hybridized carbons (Fsp3) is 0.300. The van der Waals surface area contributed by atoms with Gasteiger partial charge in [0, 0.05) is 6.26 Å². The van der Waals surface area contributed by atoms with E-state index in [0.29, 0.717) is 5.56 Å². The quantitative estimate of drug-likeness (QED) is 0.276. The van der Waals surface area contributed by atoms with Crippen LogP contribution in [0.5, 0.6) is 0 Å². The lowest BCUT2D eigenvalue weighted by Gasteiger charge is -2.28. The van der Waals surface area contributed by atoms with E-state index >= 15 is 0 Å². The second kappa shape index (κ2) is 13.9. The Kier molecular flexibility index (Phi) is 10.6. The average molecular weight is 583 g/mol. The molecular weight excluding hydrogens is 548 g/mol. The fourth-order valence-electron chi connectivity index (χ4n) is 3.80. The summed E-state index contributed by atoms with van der Waals surface area (Å²) in [5, 5.41) is 16.0. The van der Waals surface area contributed by atoms with Gasteiger partial charge in [0.25, 0.3) is 5.91 Å². The Morgan fingerprint density at radius 3 is 1.83 bits per heavy atom. The maximum atomic E-state index is 13.1. The molecule has 0 heterocycles. The molecule has 0 aliphatic carbocycles. The summed E-state index contributed by atoms with van der Waals surface area (Å²) < 4.78 is 34.2. The maximum absolute atomic E-state index is 13.1. The van der Waals surface area contributed by atoms with Crippen LogP contribution < -0.4 is 10.6 Å². The molecule has 0 saturated heterocycles. The molecule has 0 aromatic heterocycles. The van der Waals surface area contributed by atoms with Crippen LogP contribution in [0.2, 0.25) is 0 Å². The number of hydrogen-bond acceptors (Lipinski definition) is 8. The number of hydrogen-bond donors (Lipinski definition) is 3. The number of aliphatic hydroxyl groups excluding tert-OH is 1. The molecule has 218 valence electrons. The minimum atomic E-state index is -3.43. The molecule has 3 rings (SSSR count). The van der Waals surface area contributed by atoms with Gasteiger partial charge in [0.15, 0.2) is 15.9 Å². The lowest BCUT2D eigenvalue weighted by Crippen LogP contribution is -2.58. The van der Waals surface area contributed by atoms with Crippen molar-refractivity contribution in [2.45, 2.75) is 56.1 Å². The van der Waals surface area contributed by atoms with Crippen molar-refractivity contribution in [1.29, 1.82) is 0 Å². The molecule has 0 radical (unpaired) electrons. The Bertz CT molecular complexity index is 1430. The highest BCUT2D eigenvalue weighted by atomic mass is 32.2. The van der Waals surface area contributed by atoms with Gasteiger partial charge in [-0.1, -0.05) is 72.8 Å². The van der Waals surface area contributed by atoms with E-state index in [2.05, 4.69) is 10.6 Å². The van der Waals surface area contributed by atoms with E-state index in [4.69, 9.17) is 9.47 Å². The van der Waals surface area contributed by atoms with Crippen molar-refractivity contribution in [3.8, 4) is 0 Å². The number of rotatable bonds is 12. The predicted molar refractivity (Wildman–Crippen MR) is 151 cm³/mol. The summed E-state index contributed by atoms with van der Waals surface area (Å²) >= 11 is 0. The molecule has 0 unspecified atom stereocenters. The Morgan fingerprint density at radius 2 is 1.32 bits per heavy atom. The smallest absolute Gasteiger partial charge is 0.407 e. The summed E-state index contributed by atoms with van der Waals surface area (Å²) in [5.41, 5.74) is 0.550. The highest BCUT2D eigenvalue weighted by Crippen LogP contribution is 2.15. The van der Waals surface area contributed by atoms with Crippen molar-refractivity contribution in [3.63, 3.8) is 0 Å². The number of nitrogens with one attached hydrogen (secondary N) is 2. The van der Waals surface area contributed by atoms with Gasteiger partial charge in [0.1, 0.15) is 18.8 Å². The molecule has 3 aromatic rings. The summed E-state index contributed by atoms with van der Waals surface area (Å²) in [5.74, 6) is -1.64. The molecular formula is C30H34N2O8S. The molecule has 11 heteroatoms. The van der Waals surface area contributed by atoms with E-state index in [1.165, 1.54) is 38.1 Å². The van der Waals surface area contributed by atoms with E-state index in [1.807, 2.05) is 12.1 Å². The third-order valence-corrected chi connectivity index (χ3v) is 7.26. The standard InChI is InChI=1S/C30H34N2O8S/c1-30(2,28(35)39-19-22-10-6-4-7-11-22)32-27(34)26(33)25(18-21-14-16-24(17-15-21)41(3,37)38)31-29(36)40-20-23-12-8-5-9-13-23/h4-17,25-26,33H,18-20H2,1-3H3,(H,31,36)(H,32,34)/t25-,26+/m1/s1. The van der Waals surface area contributed by atoms with Crippen molar-refractivity contribution in [3.05, 3.63) is 102 Å². The molecule has 0 saturated carbocycles. The number of ether oxygens (including phenoxy) is 2. The molecule has 0 aliphatic heterocycles. The number of amides is 2. The van der Waals surface area contributed by atoms with Crippen molar-refractivity contribution in [2.24, 2.45) is 0 Å². The topological polar surface area (TPSA) is 148 Å². The molecule has 2 atom stereocenters. The zero-order valence-corrected chi connectivity index (χ0v) is 23.9. The van der Waals surface area contributed by atoms with Crippen molar-refractivity contribution in [1.82, 2.24) is 10.6 Å². The van der Waals surface area contributed by atoms with E-state index in [1.54, 1.807) is 48.5 Å². The van der Waals surface area contributed by atoms with Crippen LogP contribution in [-0.2, 0) is 48.5 Å². The molecule has 3 N–H and O–H groups in total. The highest BCUT2D eigenvalue weighted by molar-refractivity contribution is 7.90. The molecule has 10 nitrogen and oxygen atoms in total. The van der Waals surface area contributed by atoms with Crippen LogP contribution in [0.15, 0.2) is 89.8 Å². The van der Waals surface area contributed by atoms with Gasteiger partial charge in [-0.15, -0.1) is 0 Å². The monoisotopic (exact) mass is 582 g/mol. The van der Waals surface area contributed by atoms with Gasteiger partial charge in [0.05, 0.1) is 10.9 Å². The number of benzene rings is 3. The first kappa shape index (κ1) is 31.3. The second-order valence-corrected chi connectivity index (χ2v) is 12.1. The Labute approximate surface area is 239 Å². The number of carbonyl (C=O) groups is 3. The Morgan fingerprint density at radius 1 is 0.805 bits per heavy atom. The first-order chi connectivity index (χ1) is 19.3. The number of esters is 1. The summed E-state index contributed by atoms with van der Waals surface area (Å²) in [4.78, 5) is 38.5. The summed E-state index contributed by atoms with van der Waals surface area (Å²) in [6, 6.07) is 22.6. The lowest BCUT2D eigenvalue weighted by atomic mass is 9.99. The number of sulfone groups is 1. The van der Waals surface area contributed by atoms with Gasteiger partial charge in [-0.25, -0.2) is 18.0 Å². The first-order valence-corrected chi connectivity index (χ1v) is 14.7. The van der Waals surface area contributed by atoms with Gasteiger partial charge in [-0.05, 0) is 49.1 Å². The first-order valence-electron chi connectivity index (χ1n) is 12.8. The van der Waals surface area contributed by atoms with Crippen LogP contribution >= 0.6 is 0 Å². The SMILES string of the molecule is CC(C)(NC(=O)[C@@H](O)[C@@H](Cc1ccc(S(C)(=O)=O)cc1)NC(=O)OCc1ccccc1)C(=O)OCc1ccccc1. The minimum absolute atomic E-state index is 0.00242. The van der Waals surface area contributed by atoms with Crippen LogP contribution in [0.3, 0.4) is 0 Å². The Hall–Kier alpha value is -4.22. The number of aliphatic hydroxyl groups is 1. The van der Waals surface area contributed by atoms with Crippen LogP contribution in [0.1, 0.15) is 30.5 Å². The van der Waals surface area contributed by atoms with Crippen LogP contribution in [0.25, 0.3) is 0 Å². The second-order valence-electron chi connectivity index (χ2n) is 10.1. The lowest BCUT2D eigenvalue weighted by molar-refractivity contribution is -0.154. The van der Waals surface area contributed by atoms with E-state index in [-0.39, 0.29) is 24.5 Å². The molecule has 41 heavy (non-hydrogen) atoms. The average Bonchev–Trinajstić information content (AvgIpc) is 2.94.